The number of para-hydroxylation sites is 1. The molecule has 1 aromatic heterocycles. The molecule has 1 heterocycles. The van der Waals surface area contributed by atoms with E-state index < -0.39 is 0 Å². The fraction of sp³-hybridized carbons (Fsp3) is 0.467. The molecule has 0 aliphatic carbocycles. The lowest BCUT2D eigenvalue weighted by molar-refractivity contribution is 0.367. The van der Waals surface area contributed by atoms with Gasteiger partial charge in [-0.1, -0.05) is 23.4 Å². The lowest BCUT2D eigenvalue weighted by Crippen LogP contribution is -2.15. The number of hydrogen-bond acceptors (Lipinski definition) is 5. The van der Waals surface area contributed by atoms with Crippen LogP contribution in [-0.4, -0.2) is 42.2 Å². The lowest BCUT2D eigenvalue weighted by atomic mass is 10.2. The molecule has 20 heavy (non-hydrogen) atoms. The van der Waals surface area contributed by atoms with E-state index in [0.717, 1.165) is 37.4 Å². The molecule has 0 unspecified atom stereocenters. The predicted octanol–water partition coefficient (Wildman–Crippen LogP) is 2.14. The van der Waals surface area contributed by atoms with Crippen LogP contribution in [0.5, 0.6) is 0 Å². The lowest BCUT2D eigenvalue weighted by Gasteiger charge is -2.07. The highest BCUT2D eigenvalue weighted by molar-refractivity contribution is 5.50. The van der Waals surface area contributed by atoms with E-state index in [2.05, 4.69) is 39.4 Å². The number of benzene rings is 1. The van der Waals surface area contributed by atoms with Crippen molar-refractivity contribution in [3.63, 3.8) is 0 Å². The molecule has 0 aliphatic heterocycles. The third-order valence-corrected chi connectivity index (χ3v) is 3.09. The molecule has 0 radical (unpaired) electrons. The Morgan fingerprint density at radius 2 is 2.00 bits per heavy atom. The summed E-state index contributed by atoms with van der Waals surface area (Å²) in [7, 11) is 4.07. The van der Waals surface area contributed by atoms with Crippen LogP contribution in [0.4, 0.5) is 5.69 Å². The van der Waals surface area contributed by atoms with E-state index in [-0.39, 0.29) is 0 Å². The summed E-state index contributed by atoms with van der Waals surface area (Å²) in [5, 5.41) is 7.38. The van der Waals surface area contributed by atoms with Gasteiger partial charge in [0.15, 0.2) is 5.82 Å². The quantitative estimate of drug-likeness (QED) is 0.838. The Morgan fingerprint density at radius 3 is 2.75 bits per heavy atom. The molecule has 5 nitrogen and oxygen atoms in total. The second-order valence-corrected chi connectivity index (χ2v) is 5.15. The predicted molar refractivity (Wildman–Crippen MR) is 79.9 cm³/mol. The van der Waals surface area contributed by atoms with Crippen LogP contribution in [0.2, 0.25) is 0 Å². The summed E-state index contributed by atoms with van der Waals surface area (Å²) in [5.41, 5.74) is 2.39. The monoisotopic (exact) mass is 274 g/mol. The van der Waals surface area contributed by atoms with Crippen molar-refractivity contribution in [2.75, 3.05) is 32.5 Å². The molecule has 2 rings (SSSR count). The number of likely N-dealkylation sites (N-methyl/N-ethyl adjacent to an activating group) is 1. The molecule has 1 aromatic carbocycles. The van der Waals surface area contributed by atoms with Crippen LogP contribution in [0, 0.1) is 6.92 Å². The third-order valence-electron chi connectivity index (χ3n) is 3.09. The maximum Gasteiger partial charge on any atom is 0.228 e. The van der Waals surface area contributed by atoms with Gasteiger partial charge in [-0.05, 0) is 32.6 Å². The maximum absolute atomic E-state index is 5.25. The van der Waals surface area contributed by atoms with Crippen molar-refractivity contribution in [2.45, 2.75) is 19.8 Å². The third kappa shape index (κ3) is 4.35. The van der Waals surface area contributed by atoms with E-state index in [4.69, 9.17) is 4.52 Å². The smallest absolute Gasteiger partial charge is 0.228 e. The SMILES string of the molecule is Cc1ccccc1NCCc1nc(CCN(C)C)no1. The van der Waals surface area contributed by atoms with Gasteiger partial charge < -0.3 is 14.7 Å². The minimum Gasteiger partial charge on any atom is -0.384 e. The molecule has 1 N–H and O–H groups in total. The average molecular weight is 274 g/mol. The normalized spacial score (nSPS) is 11.0. The van der Waals surface area contributed by atoms with Gasteiger partial charge in [0.05, 0.1) is 0 Å². The summed E-state index contributed by atoms with van der Waals surface area (Å²) in [4.78, 5) is 6.50. The molecular weight excluding hydrogens is 252 g/mol. The molecule has 0 spiro atoms. The highest BCUT2D eigenvalue weighted by atomic mass is 16.5. The van der Waals surface area contributed by atoms with Crippen LogP contribution in [0.25, 0.3) is 0 Å². The van der Waals surface area contributed by atoms with Gasteiger partial charge in [-0.2, -0.15) is 4.98 Å². The number of aryl methyl sites for hydroxylation is 1. The van der Waals surface area contributed by atoms with Crippen LogP contribution in [0.3, 0.4) is 0 Å². The number of nitrogens with one attached hydrogen (secondary N) is 1. The topological polar surface area (TPSA) is 54.2 Å². The molecule has 0 aliphatic rings. The molecule has 0 atom stereocenters. The molecule has 2 aromatic rings. The fourth-order valence-corrected chi connectivity index (χ4v) is 1.89. The summed E-state index contributed by atoms with van der Waals surface area (Å²) in [6, 6.07) is 8.23. The van der Waals surface area contributed by atoms with Crippen LogP contribution in [-0.2, 0) is 12.8 Å². The van der Waals surface area contributed by atoms with Gasteiger partial charge in [0, 0.05) is 31.6 Å². The minimum absolute atomic E-state index is 0.694. The highest BCUT2D eigenvalue weighted by Gasteiger charge is 2.06. The fourth-order valence-electron chi connectivity index (χ4n) is 1.89. The molecule has 108 valence electrons. The summed E-state index contributed by atoms with van der Waals surface area (Å²) >= 11 is 0. The highest BCUT2D eigenvalue weighted by Crippen LogP contribution is 2.12. The molecule has 0 saturated heterocycles. The summed E-state index contributed by atoms with van der Waals surface area (Å²) in [5.74, 6) is 1.48. The Balaban J connectivity index is 1.78. The van der Waals surface area contributed by atoms with E-state index in [9.17, 15) is 0 Å². The molecule has 0 bridgehead atoms. The van der Waals surface area contributed by atoms with Gasteiger partial charge in [-0.25, -0.2) is 0 Å². The molecule has 0 amide bonds. The Bertz CT molecular complexity index is 536. The van der Waals surface area contributed by atoms with Crippen LogP contribution < -0.4 is 5.32 Å². The van der Waals surface area contributed by atoms with Crippen molar-refractivity contribution in [3.8, 4) is 0 Å². The van der Waals surface area contributed by atoms with Gasteiger partial charge in [-0.15, -0.1) is 0 Å². The Kier molecular flexibility index (Phi) is 5.12. The van der Waals surface area contributed by atoms with Crippen molar-refractivity contribution < 1.29 is 4.52 Å². The zero-order valence-corrected chi connectivity index (χ0v) is 12.4. The largest absolute Gasteiger partial charge is 0.384 e. The van der Waals surface area contributed by atoms with E-state index in [1.807, 2.05) is 26.2 Å². The zero-order valence-electron chi connectivity index (χ0n) is 12.4. The number of aromatic nitrogens is 2. The van der Waals surface area contributed by atoms with E-state index in [1.165, 1.54) is 5.56 Å². The first-order chi connectivity index (χ1) is 9.65. The molecule has 0 fully saturated rings. The first-order valence-electron chi connectivity index (χ1n) is 6.91. The van der Waals surface area contributed by atoms with E-state index in [0.29, 0.717) is 5.89 Å². The van der Waals surface area contributed by atoms with Gasteiger partial charge in [0.1, 0.15) is 0 Å². The standard InChI is InChI=1S/C15H22N4O/c1-12-6-4-5-7-13(12)16-10-8-15-17-14(18-20-15)9-11-19(2)3/h4-7,16H,8-11H2,1-3H3. The Labute approximate surface area is 120 Å². The maximum atomic E-state index is 5.25. The molecule has 5 heteroatoms. The van der Waals surface area contributed by atoms with Crippen LogP contribution >= 0.6 is 0 Å². The Morgan fingerprint density at radius 1 is 1.20 bits per heavy atom. The van der Waals surface area contributed by atoms with Gasteiger partial charge >= 0.3 is 0 Å². The molecular formula is C15H22N4O. The first kappa shape index (κ1) is 14.5. The van der Waals surface area contributed by atoms with Gasteiger partial charge in [0.2, 0.25) is 5.89 Å². The zero-order chi connectivity index (χ0) is 14.4. The summed E-state index contributed by atoms with van der Waals surface area (Å²) in [6.07, 6.45) is 1.56. The molecule has 0 saturated carbocycles. The minimum atomic E-state index is 0.694. The van der Waals surface area contributed by atoms with E-state index >= 15 is 0 Å². The number of anilines is 1. The van der Waals surface area contributed by atoms with Crippen molar-refractivity contribution >= 4 is 5.69 Å². The van der Waals surface area contributed by atoms with Crippen molar-refractivity contribution in [1.29, 1.82) is 0 Å². The van der Waals surface area contributed by atoms with Crippen LogP contribution in [0.1, 0.15) is 17.3 Å². The number of hydrogen-bond donors (Lipinski definition) is 1. The number of rotatable bonds is 7. The second kappa shape index (κ2) is 7.05. The average Bonchev–Trinajstić information content (AvgIpc) is 2.87. The summed E-state index contributed by atoms with van der Waals surface area (Å²) in [6.45, 7) is 3.81. The summed E-state index contributed by atoms with van der Waals surface area (Å²) < 4.78 is 5.25. The van der Waals surface area contributed by atoms with Crippen molar-refractivity contribution in [1.82, 2.24) is 15.0 Å². The van der Waals surface area contributed by atoms with Gasteiger partial charge in [-0.3, -0.25) is 0 Å². The Hall–Kier alpha value is -1.88. The van der Waals surface area contributed by atoms with E-state index in [1.54, 1.807) is 0 Å². The van der Waals surface area contributed by atoms with Crippen molar-refractivity contribution in [3.05, 3.63) is 41.5 Å². The second-order valence-electron chi connectivity index (χ2n) is 5.15. The first-order valence-corrected chi connectivity index (χ1v) is 6.91. The van der Waals surface area contributed by atoms with Crippen LogP contribution in [0.15, 0.2) is 28.8 Å². The number of nitrogens with zero attached hydrogens (tertiary/aromatic N) is 3. The van der Waals surface area contributed by atoms with Crippen molar-refractivity contribution in [2.24, 2.45) is 0 Å². The van der Waals surface area contributed by atoms with Gasteiger partial charge in [0.25, 0.3) is 0 Å².